The highest BCUT2D eigenvalue weighted by molar-refractivity contribution is 7.16. The third kappa shape index (κ3) is 2.92. The molecule has 0 radical (unpaired) electrons. The average molecular weight is 320 g/mol. The number of amides is 1. The fourth-order valence-corrected chi connectivity index (χ4v) is 4.07. The molecule has 4 nitrogen and oxygen atoms in total. The van der Waals surface area contributed by atoms with Crippen LogP contribution in [-0.4, -0.2) is 41.2 Å². The molecule has 1 aliphatic heterocycles. The van der Waals surface area contributed by atoms with E-state index >= 15 is 0 Å². The first-order valence-electron chi connectivity index (χ1n) is 8.22. The van der Waals surface area contributed by atoms with Gasteiger partial charge in [0.05, 0.1) is 12.6 Å². The number of aromatic nitrogens is 1. The van der Waals surface area contributed by atoms with Gasteiger partial charge in [-0.1, -0.05) is 0 Å². The van der Waals surface area contributed by atoms with E-state index in [2.05, 4.69) is 16.0 Å². The third-order valence-corrected chi connectivity index (χ3v) is 5.38. The minimum Gasteiger partial charge on any atom is -0.376 e. The van der Waals surface area contributed by atoms with Crippen LogP contribution >= 0.6 is 11.3 Å². The Balaban J connectivity index is 1.93. The molecule has 1 fully saturated rings. The van der Waals surface area contributed by atoms with Crippen LogP contribution in [0, 0.1) is 0 Å². The third-order valence-electron chi connectivity index (χ3n) is 4.43. The summed E-state index contributed by atoms with van der Waals surface area (Å²) in [5.41, 5.74) is 0.805. The molecule has 0 aromatic carbocycles. The van der Waals surface area contributed by atoms with Gasteiger partial charge in [0.25, 0.3) is 5.91 Å². The molecule has 1 amide bonds. The lowest BCUT2D eigenvalue weighted by Gasteiger charge is -2.25. The van der Waals surface area contributed by atoms with Crippen molar-refractivity contribution < 1.29 is 9.53 Å². The molecule has 2 aromatic rings. The van der Waals surface area contributed by atoms with Gasteiger partial charge in [0.2, 0.25) is 0 Å². The maximum atomic E-state index is 12.8. The van der Waals surface area contributed by atoms with Crippen LogP contribution in [0.1, 0.15) is 43.6 Å². The Morgan fingerprint density at radius 1 is 1.41 bits per heavy atom. The topological polar surface area (TPSA) is 34.5 Å². The Labute approximate surface area is 135 Å². The molecule has 5 heteroatoms. The van der Waals surface area contributed by atoms with Crippen molar-refractivity contribution in [3.05, 3.63) is 23.2 Å². The van der Waals surface area contributed by atoms with Gasteiger partial charge in [-0.25, -0.2) is 0 Å². The van der Waals surface area contributed by atoms with Crippen molar-refractivity contribution in [3.63, 3.8) is 0 Å². The first-order chi connectivity index (χ1) is 10.7. The molecule has 1 saturated heterocycles. The summed E-state index contributed by atoms with van der Waals surface area (Å²) in [6.45, 7) is 7.18. The van der Waals surface area contributed by atoms with E-state index < -0.39 is 0 Å². The van der Waals surface area contributed by atoms with Crippen molar-refractivity contribution in [1.29, 1.82) is 0 Å². The van der Waals surface area contributed by atoms with Gasteiger partial charge in [0, 0.05) is 25.1 Å². The van der Waals surface area contributed by atoms with Gasteiger partial charge in [-0.3, -0.25) is 4.79 Å². The number of thiophene rings is 1. The molecule has 22 heavy (non-hydrogen) atoms. The van der Waals surface area contributed by atoms with E-state index in [1.165, 1.54) is 11.3 Å². The largest absolute Gasteiger partial charge is 0.376 e. The van der Waals surface area contributed by atoms with Crippen LogP contribution in [0.2, 0.25) is 0 Å². The number of fused-ring (bicyclic) bond motifs is 1. The quantitative estimate of drug-likeness (QED) is 0.841. The van der Waals surface area contributed by atoms with Crippen LogP contribution in [0.4, 0.5) is 0 Å². The normalized spacial score (nSPS) is 18.7. The van der Waals surface area contributed by atoms with Gasteiger partial charge >= 0.3 is 0 Å². The Hall–Kier alpha value is -1.33. The Morgan fingerprint density at radius 3 is 2.91 bits per heavy atom. The van der Waals surface area contributed by atoms with Crippen LogP contribution in [0.25, 0.3) is 10.2 Å². The van der Waals surface area contributed by atoms with Crippen molar-refractivity contribution in [2.75, 3.05) is 19.7 Å². The molecule has 1 aliphatic rings. The van der Waals surface area contributed by atoms with Crippen molar-refractivity contribution in [2.45, 2.75) is 45.8 Å². The molecule has 0 spiro atoms. The van der Waals surface area contributed by atoms with E-state index in [1.54, 1.807) is 11.3 Å². The van der Waals surface area contributed by atoms with Gasteiger partial charge in [0.1, 0.15) is 10.5 Å². The molecule has 0 bridgehead atoms. The zero-order valence-corrected chi connectivity index (χ0v) is 14.2. The number of hydrogen-bond donors (Lipinski definition) is 0. The van der Waals surface area contributed by atoms with E-state index in [9.17, 15) is 4.79 Å². The fraction of sp³-hybridized carbons (Fsp3) is 0.588. The van der Waals surface area contributed by atoms with Gasteiger partial charge in [-0.05, 0) is 50.6 Å². The van der Waals surface area contributed by atoms with Crippen molar-refractivity contribution in [2.24, 2.45) is 0 Å². The predicted octanol–water partition coefficient (Wildman–Crippen LogP) is 3.75. The number of hydrogen-bond acceptors (Lipinski definition) is 3. The summed E-state index contributed by atoms with van der Waals surface area (Å²) >= 11 is 1.70. The molecular weight excluding hydrogens is 296 g/mol. The monoisotopic (exact) mass is 320 g/mol. The predicted molar refractivity (Wildman–Crippen MR) is 90.7 cm³/mol. The van der Waals surface area contributed by atoms with E-state index in [0.29, 0.717) is 0 Å². The van der Waals surface area contributed by atoms with Gasteiger partial charge in [-0.2, -0.15) is 0 Å². The summed E-state index contributed by atoms with van der Waals surface area (Å²) < 4.78 is 8.06. The summed E-state index contributed by atoms with van der Waals surface area (Å²) in [5.74, 6) is 0.129. The molecule has 2 aromatic heterocycles. The zero-order chi connectivity index (χ0) is 15.5. The molecular formula is C17H24N2O2S. The molecule has 0 aliphatic carbocycles. The number of carbonyl (C=O) groups excluding carboxylic acids is 1. The van der Waals surface area contributed by atoms with Crippen LogP contribution in [0.5, 0.6) is 0 Å². The van der Waals surface area contributed by atoms with E-state index in [0.717, 1.165) is 50.2 Å². The van der Waals surface area contributed by atoms with Crippen LogP contribution in [-0.2, 0) is 11.3 Å². The van der Waals surface area contributed by atoms with E-state index in [-0.39, 0.29) is 12.0 Å². The van der Waals surface area contributed by atoms with Crippen LogP contribution in [0.3, 0.4) is 0 Å². The van der Waals surface area contributed by atoms with Crippen LogP contribution < -0.4 is 0 Å². The summed E-state index contributed by atoms with van der Waals surface area (Å²) in [7, 11) is 0. The van der Waals surface area contributed by atoms with Crippen molar-refractivity contribution in [3.8, 4) is 0 Å². The van der Waals surface area contributed by atoms with Gasteiger partial charge < -0.3 is 14.2 Å². The molecule has 120 valence electrons. The second-order valence-corrected chi connectivity index (χ2v) is 6.68. The smallest absolute Gasteiger partial charge is 0.270 e. The fourth-order valence-electron chi connectivity index (χ4n) is 3.16. The maximum absolute atomic E-state index is 12.8. The average Bonchev–Trinajstić information content (AvgIpc) is 3.12. The first-order valence-corrected chi connectivity index (χ1v) is 9.10. The molecule has 1 unspecified atom stereocenters. The Morgan fingerprint density at radius 2 is 2.23 bits per heavy atom. The summed E-state index contributed by atoms with van der Waals surface area (Å²) in [6, 6.07) is 4.13. The molecule has 3 rings (SSSR count). The van der Waals surface area contributed by atoms with Gasteiger partial charge in [-0.15, -0.1) is 11.3 Å². The Bertz CT molecular complexity index is 636. The number of carbonyl (C=O) groups is 1. The SMILES string of the molecule is CCN(CC)C(=O)c1cc2ccsc2n1CC1CCCCO1. The lowest BCUT2D eigenvalue weighted by atomic mass is 10.1. The number of ether oxygens (including phenoxy) is 1. The highest BCUT2D eigenvalue weighted by Gasteiger charge is 2.23. The minimum atomic E-state index is 0.129. The zero-order valence-electron chi connectivity index (χ0n) is 13.4. The van der Waals surface area contributed by atoms with Crippen molar-refractivity contribution >= 4 is 27.5 Å². The second kappa shape index (κ2) is 6.84. The lowest BCUT2D eigenvalue weighted by Crippen LogP contribution is -2.33. The summed E-state index contributed by atoms with van der Waals surface area (Å²) in [5, 5.41) is 3.26. The van der Waals surface area contributed by atoms with Crippen molar-refractivity contribution in [1.82, 2.24) is 9.47 Å². The first kappa shape index (κ1) is 15.6. The standard InChI is InChI=1S/C17H24N2O2S/c1-3-18(4-2)16(20)15-11-13-8-10-22-17(13)19(15)12-14-7-5-6-9-21-14/h8,10-11,14H,3-7,9,12H2,1-2H3. The molecule has 0 N–H and O–H groups in total. The highest BCUT2D eigenvalue weighted by Crippen LogP contribution is 2.28. The van der Waals surface area contributed by atoms with E-state index in [4.69, 9.17) is 4.74 Å². The molecule has 0 saturated carbocycles. The highest BCUT2D eigenvalue weighted by atomic mass is 32.1. The summed E-state index contributed by atoms with van der Waals surface area (Å²) in [6.07, 6.45) is 3.69. The van der Waals surface area contributed by atoms with Crippen LogP contribution in [0.15, 0.2) is 17.5 Å². The number of nitrogens with zero attached hydrogens (tertiary/aromatic N) is 2. The maximum Gasteiger partial charge on any atom is 0.270 e. The minimum absolute atomic E-state index is 0.129. The molecule has 3 heterocycles. The second-order valence-electron chi connectivity index (χ2n) is 5.79. The number of rotatable bonds is 5. The van der Waals surface area contributed by atoms with Gasteiger partial charge in [0.15, 0.2) is 0 Å². The summed E-state index contributed by atoms with van der Waals surface area (Å²) in [4.78, 5) is 15.9. The van der Waals surface area contributed by atoms with E-state index in [1.807, 2.05) is 24.8 Å². The Kier molecular flexibility index (Phi) is 4.84. The lowest BCUT2D eigenvalue weighted by molar-refractivity contribution is 0.00629. The molecule has 1 atom stereocenters.